The van der Waals surface area contributed by atoms with Crippen molar-refractivity contribution in [3.05, 3.63) is 0 Å². The first kappa shape index (κ1) is 93.4. The molecular weight excluding hydrogens is 1240 g/mol. The third kappa shape index (κ3) is 52.4. The molecule has 0 radical (unpaired) electrons. The summed E-state index contributed by atoms with van der Waals surface area (Å²) < 4.78 is 199. The lowest BCUT2D eigenvalue weighted by Gasteiger charge is -2.37. The van der Waals surface area contributed by atoms with Gasteiger partial charge < -0.3 is 79.9 Å². The molecule has 546 valence electrons. The minimum absolute atomic E-state index is 0.00721. The van der Waals surface area contributed by atoms with Crippen molar-refractivity contribution < 1.29 is 115 Å². The maximum Gasteiger partial charge on any atom is 0.380 e. The highest BCUT2D eigenvalue weighted by atomic mass is 28.4. The van der Waals surface area contributed by atoms with Crippen molar-refractivity contribution in [2.24, 2.45) is 11.8 Å². The number of halogens is 8. The Kier molecular flexibility index (Phi) is 57.3. The molecule has 3 unspecified atom stereocenters. The molecule has 90 heavy (non-hydrogen) atoms. The van der Waals surface area contributed by atoms with E-state index in [9.17, 15) is 35.1 Å². The number of alkyl halides is 8. The maximum atomic E-state index is 13.7. The van der Waals surface area contributed by atoms with Crippen LogP contribution in [0.3, 0.4) is 0 Å². The summed E-state index contributed by atoms with van der Waals surface area (Å²) >= 11 is 0. The summed E-state index contributed by atoms with van der Waals surface area (Å²) in [6.07, 6.45) is 10.4. The van der Waals surface area contributed by atoms with Gasteiger partial charge in [-0.1, -0.05) is 0 Å². The van der Waals surface area contributed by atoms with Crippen LogP contribution < -0.4 is 0 Å². The van der Waals surface area contributed by atoms with Crippen LogP contribution in [0.1, 0.15) is 153 Å². The topological polar surface area (TPSA) is 157 Å². The number of hydrogen-bond donors (Lipinski definition) is 0. The number of rotatable bonds is 54. The molecule has 1 aliphatic carbocycles. The standard InChI is InChI=1S/C18H42O5Si2.C17H34O4.C16H26F8O4.C12H26O4/c1-17(2)20-13-15-24(5,6)23-25(7,8)16-14-22-18(3)21-12-10-9-11-19-4;1-15(2)21-13-17-8-6-16(7-9-17)12-20-14-19-11-5-4-10-18-3;1-11(2)27-9-13(17,18)15(21,22)16(23,24)14(19,20)10-28-12(3)26-8-6-5-7-25-4;1-11(2)14-9-10-16-12(3)15-8-6-5-7-13-4/h17-18H,9-16H2,1-8H3;15-17H,4-14H2,1-3H3;11-12H,5-10H2,1-4H3;11-12H,5-10H2,1-4H3. The third-order valence-electron chi connectivity index (χ3n) is 13.4. The zero-order valence-corrected chi connectivity index (χ0v) is 61.1. The predicted octanol–water partition coefficient (Wildman–Crippen LogP) is 15.3. The molecule has 1 rings (SSSR count). The Hall–Kier alpha value is -0.806. The van der Waals surface area contributed by atoms with Gasteiger partial charge in [-0.3, -0.25) is 0 Å². The molecule has 3 atom stereocenters. The molecule has 0 amide bonds. The number of unbranched alkanes of at least 4 members (excludes halogenated alkanes) is 4. The van der Waals surface area contributed by atoms with Crippen LogP contribution in [0, 0.1) is 11.8 Å². The van der Waals surface area contributed by atoms with Crippen molar-refractivity contribution in [3.8, 4) is 0 Å². The summed E-state index contributed by atoms with van der Waals surface area (Å²) in [5.74, 6) is -22.5. The fourth-order valence-corrected chi connectivity index (χ4v) is 16.1. The lowest BCUT2D eigenvalue weighted by molar-refractivity contribution is -0.380. The van der Waals surface area contributed by atoms with Crippen LogP contribution in [0.2, 0.25) is 38.3 Å². The third-order valence-corrected chi connectivity index (χ3v) is 20.6. The van der Waals surface area contributed by atoms with Crippen LogP contribution in [0.5, 0.6) is 0 Å². The Morgan fingerprint density at radius 2 is 0.633 bits per heavy atom. The van der Waals surface area contributed by atoms with E-state index in [0.717, 1.165) is 123 Å². The number of hydrogen-bond acceptors (Lipinski definition) is 17. The van der Waals surface area contributed by atoms with Gasteiger partial charge >= 0.3 is 23.7 Å². The van der Waals surface area contributed by atoms with Gasteiger partial charge in [0.05, 0.1) is 44.2 Å². The summed E-state index contributed by atoms with van der Waals surface area (Å²) in [6.45, 7) is 34.4. The Labute approximate surface area is 541 Å². The van der Waals surface area contributed by atoms with Gasteiger partial charge in [0, 0.05) is 101 Å². The molecule has 0 saturated heterocycles. The van der Waals surface area contributed by atoms with E-state index in [1.165, 1.54) is 46.6 Å². The molecule has 0 N–H and O–H groups in total. The van der Waals surface area contributed by atoms with E-state index in [0.29, 0.717) is 64.2 Å². The van der Waals surface area contributed by atoms with Gasteiger partial charge in [-0.25, -0.2) is 0 Å². The second-order valence-electron chi connectivity index (χ2n) is 24.7. The molecular formula is C63H128F8O17Si2. The van der Waals surface area contributed by atoms with E-state index >= 15 is 0 Å². The summed E-state index contributed by atoms with van der Waals surface area (Å²) in [5, 5.41) is 0. The quantitative estimate of drug-likeness (QED) is 0.0245. The number of ether oxygens (including phenoxy) is 16. The smallest absolute Gasteiger partial charge is 0.380 e. The van der Waals surface area contributed by atoms with E-state index in [4.69, 9.17) is 70.4 Å². The monoisotopic (exact) mass is 1360 g/mol. The van der Waals surface area contributed by atoms with Crippen molar-refractivity contribution in [2.45, 2.75) is 258 Å². The van der Waals surface area contributed by atoms with Crippen molar-refractivity contribution in [3.63, 3.8) is 0 Å². The van der Waals surface area contributed by atoms with Crippen LogP contribution in [0.25, 0.3) is 0 Å². The lowest BCUT2D eigenvalue weighted by atomic mass is 9.83. The first-order valence-corrected chi connectivity index (χ1v) is 38.8. The van der Waals surface area contributed by atoms with E-state index in [1.54, 1.807) is 21.3 Å². The zero-order chi connectivity index (χ0) is 69.1. The van der Waals surface area contributed by atoms with Gasteiger partial charge in [0.25, 0.3) is 0 Å². The van der Waals surface area contributed by atoms with Gasteiger partial charge in [0.2, 0.25) is 0 Å². The van der Waals surface area contributed by atoms with Gasteiger partial charge in [-0.2, -0.15) is 35.1 Å². The molecule has 0 aromatic heterocycles. The molecule has 1 fully saturated rings. The minimum Gasteiger partial charge on any atom is -0.455 e. The van der Waals surface area contributed by atoms with Crippen molar-refractivity contribution >= 4 is 16.6 Å². The lowest BCUT2D eigenvalue weighted by Crippen LogP contribution is -2.64. The fourth-order valence-electron chi connectivity index (χ4n) is 8.11. The van der Waals surface area contributed by atoms with Gasteiger partial charge in [-0.15, -0.1) is 0 Å². The second kappa shape index (κ2) is 55.2. The van der Waals surface area contributed by atoms with Gasteiger partial charge in [0.15, 0.2) is 35.5 Å². The molecule has 0 aromatic carbocycles. The Morgan fingerprint density at radius 3 is 1.02 bits per heavy atom. The average Bonchev–Trinajstić information content (AvgIpc) is 0.746. The van der Waals surface area contributed by atoms with Crippen LogP contribution in [0.4, 0.5) is 35.1 Å². The largest absolute Gasteiger partial charge is 0.455 e. The SMILES string of the molecule is COCCCCOC(C)OCC(F)(F)C(F)(F)C(F)(F)C(F)(F)COC(C)C.COCCCCOC(C)OCCOC(C)C.COCCCCOC(C)OCC[Si](C)(C)O[Si](C)(C)CCOC(C)C.COCCCCOCOCC1CCC(COC(C)C)CC1. The van der Waals surface area contributed by atoms with E-state index in [-0.39, 0.29) is 25.3 Å². The van der Waals surface area contributed by atoms with Gasteiger partial charge in [0.1, 0.15) is 20.0 Å². The van der Waals surface area contributed by atoms with Crippen LogP contribution in [0.15, 0.2) is 0 Å². The minimum atomic E-state index is -6.40. The van der Waals surface area contributed by atoms with E-state index in [1.807, 2.05) is 27.7 Å². The van der Waals surface area contributed by atoms with Crippen molar-refractivity contribution in [1.29, 1.82) is 0 Å². The zero-order valence-electron chi connectivity index (χ0n) is 59.1. The molecule has 0 bridgehead atoms. The molecule has 1 aliphatic rings. The summed E-state index contributed by atoms with van der Waals surface area (Å²) in [5.41, 5.74) is 0. The first-order valence-electron chi connectivity index (χ1n) is 32.6. The molecule has 0 heterocycles. The molecule has 17 nitrogen and oxygen atoms in total. The highest BCUT2D eigenvalue weighted by molar-refractivity contribution is 6.84. The highest BCUT2D eigenvalue weighted by Gasteiger charge is 2.80. The van der Waals surface area contributed by atoms with Crippen LogP contribution >= 0.6 is 0 Å². The maximum absolute atomic E-state index is 13.7. The summed E-state index contributed by atoms with van der Waals surface area (Å²) in [7, 11) is 3.22. The molecule has 1 saturated carbocycles. The molecule has 0 aliphatic heterocycles. The first-order chi connectivity index (χ1) is 42.1. The van der Waals surface area contributed by atoms with Crippen LogP contribution in [-0.4, -0.2) is 225 Å². The number of methoxy groups -OCH3 is 4. The van der Waals surface area contributed by atoms with Crippen LogP contribution in [-0.2, 0) is 79.9 Å². The molecule has 0 aromatic rings. The fraction of sp³-hybridized carbons (Fsp3) is 1.00. The Bertz CT molecular complexity index is 1580. The normalized spacial score (nSPS) is 16.4. The highest BCUT2D eigenvalue weighted by Crippen LogP contribution is 2.53. The molecule has 0 spiro atoms. The predicted molar refractivity (Wildman–Crippen MR) is 341 cm³/mol. The summed E-state index contributed by atoms with van der Waals surface area (Å²) in [4.78, 5) is 0. The Morgan fingerprint density at radius 1 is 0.333 bits per heavy atom. The van der Waals surface area contributed by atoms with E-state index in [2.05, 4.69) is 63.4 Å². The summed E-state index contributed by atoms with van der Waals surface area (Å²) in [6, 6.07) is 2.04. The molecule has 27 heteroatoms. The van der Waals surface area contributed by atoms with Crippen molar-refractivity contribution in [2.75, 3.05) is 141 Å². The van der Waals surface area contributed by atoms with Crippen molar-refractivity contribution in [1.82, 2.24) is 0 Å². The van der Waals surface area contributed by atoms with Gasteiger partial charge in [-0.05, 0) is 203 Å². The van der Waals surface area contributed by atoms with E-state index < -0.39 is 65.9 Å². The Balaban J connectivity index is -0.00000114. The average molecular weight is 1370 g/mol. The second-order valence-corrected chi connectivity index (χ2v) is 33.6.